The molecule has 7 heteroatoms. The molecule has 0 saturated heterocycles. The summed E-state index contributed by atoms with van der Waals surface area (Å²) in [5, 5.41) is 4.75. The van der Waals surface area contributed by atoms with E-state index in [4.69, 9.17) is 9.97 Å². The van der Waals surface area contributed by atoms with Gasteiger partial charge in [0.1, 0.15) is 5.82 Å². The molecule has 4 aromatic rings. The maximum Gasteiger partial charge on any atom is 0.226 e. The lowest BCUT2D eigenvalue weighted by molar-refractivity contribution is 0.534. The van der Waals surface area contributed by atoms with E-state index in [2.05, 4.69) is 87.7 Å². The number of para-hydroxylation sites is 1. The molecule has 0 radical (unpaired) electrons. The second-order valence-corrected chi connectivity index (χ2v) is 8.64. The van der Waals surface area contributed by atoms with Crippen molar-refractivity contribution < 1.29 is 0 Å². The Labute approximate surface area is 187 Å². The molecule has 2 aromatic carbocycles. The van der Waals surface area contributed by atoms with Crippen LogP contribution in [0, 0.1) is 6.92 Å². The number of hydrazine groups is 1. The molecule has 1 unspecified atom stereocenters. The minimum atomic E-state index is 0.274. The molecule has 32 heavy (non-hydrogen) atoms. The average Bonchev–Trinajstić information content (AvgIpc) is 3.42. The summed E-state index contributed by atoms with van der Waals surface area (Å²) in [5.74, 6) is 2.59. The molecule has 2 aliphatic heterocycles. The van der Waals surface area contributed by atoms with E-state index in [0.29, 0.717) is 5.95 Å². The number of H-pyrrole nitrogens is 1. The van der Waals surface area contributed by atoms with Crippen molar-refractivity contribution in [2.24, 2.45) is 0 Å². The van der Waals surface area contributed by atoms with Crippen LogP contribution in [-0.2, 0) is 13.0 Å². The van der Waals surface area contributed by atoms with Gasteiger partial charge in [-0.3, -0.25) is 0 Å². The molecule has 0 spiro atoms. The van der Waals surface area contributed by atoms with Gasteiger partial charge in [0, 0.05) is 36.7 Å². The lowest BCUT2D eigenvalue weighted by atomic mass is 10.0. The topological polar surface area (TPSA) is 80.9 Å². The third kappa shape index (κ3) is 3.35. The van der Waals surface area contributed by atoms with Gasteiger partial charge in [0.2, 0.25) is 5.95 Å². The van der Waals surface area contributed by atoms with Crippen molar-refractivity contribution in [2.45, 2.75) is 32.4 Å². The summed E-state index contributed by atoms with van der Waals surface area (Å²) in [7, 11) is 0. The van der Waals surface area contributed by atoms with Crippen LogP contribution in [-0.4, -0.2) is 28.0 Å². The number of aromatic amines is 1. The predicted molar refractivity (Wildman–Crippen MR) is 129 cm³/mol. The summed E-state index contributed by atoms with van der Waals surface area (Å²) in [6.07, 6.45) is 4.06. The highest BCUT2D eigenvalue weighted by atomic mass is 15.4. The fourth-order valence-electron chi connectivity index (χ4n) is 4.87. The van der Waals surface area contributed by atoms with Crippen LogP contribution in [0.15, 0.2) is 54.7 Å². The summed E-state index contributed by atoms with van der Waals surface area (Å²) in [5.41, 5.74) is 12.9. The van der Waals surface area contributed by atoms with Gasteiger partial charge in [-0.05, 0) is 36.5 Å². The zero-order chi connectivity index (χ0) is 21.5. The van der Waals surface area contributed by atoms with E-state index in [1.54, 1.807) is 0 Å². The van der Waals surface area contributed by atoms with Gasteiger partial charge < -0.3 is 20.6 Å². The number of nitrogens with one attached hydrogen (secondary N) is 4. The van der Waals surface area contributed by atoms with Crippen molar-refractivity contribution in [3.05, 3.63) is 77.0 Å². The highest BCUT2D eigenvalue weighted by Gasteiger charge is 2.34. The number of rotatable bonds is 6. The normalized spacial score (nSPS) is 16.8. The van der Waals surface area contributed by atoms with E-state index in [-0.39, 0.29) is 6.04 Å². The maximum atomic E-state index is 4.95. The van der Waals surface area contributed by atoms with E-state index in [1.807, 2.05) is 0 Å². The summed E-state index contributed by atoms with van der Waals surface area (Å²) < 4.78 is 0. The Morgan fingerprint density at radius 3 is 2.91 bits per heavy atom. The van der Waals surface area contributed by atoms with Crippen LogP contribution in [0.2, 0.25) is 0 Å². The molecular formula is C25H27N7. The molecular weight excluding hydrogens is 398 g/mol. The first kappa shape index (κ1) is 19.1. The summed E-state index contributed by atoms with van der Waals surface area (Å²) in [6.45, 7) is 4.73. The molecule has 0 fully saturated rings. The predicted octanol–water partition coefficient (Wildman–Crippen LogP) is 4.30. The Morgan fingerprint density at radius 2 is 2.00 bits per heavy atom. The van der Waals surface area contributed by atoms with Crippen LogP contribution in [0.4, 0.5) is 17.6 Å². The fourth-order valence-corrected chi connectivity index (χ4v) is 4.87. The Balaban J connectivity index is 1.23. The monoisotopic (exact) mass is 425 g/mol. The van der Waals surface area contributed by atoms with Crippen molar-refractivity contribution >= 4 is 28.5 Å². The van der Waals surface area contributed by atoms with Crippen LogP contribution in [0.25, 0.3) is 10.9 Å². The number of hydrogen-bond acceptors (Lipinski definition) is 6. The Hall–Kier alpha value is -3.58. The summed E-state index contributed by atoms with van der Waals surface area (Å²) in [4.78, 5) is 15.5. The minimum absolute atomic E-state index is 0.274. The van der Waals surface area contributed by atoms with E-state index in [0.717, 1.165) is 44.1 Å². The van der Waals surface area contributed by atoms with Gasteiger partial charge in [-0.15, -0.1) is 0 Å². The zero-order valence-corrected chi connectivity index (χ0v) is 18.2. The quantitative estimate of drug-likeness (QED) is 0.369. The number of aromatic nitrogens is 3. The van der Waals surface area contributed by atoms with Crippen LogP contribution in [0.1, 0.15) is 34.7 Å². The number of anilines is 3. The van der Waals surface area contributed by atoms with Gasteiger partial charge in [-0.1, -0.05) is 48.5 Å². The van der Waals surface area contributed by atoms with Crippen molar-refractivity contribution in [1.29, 1.82) is 0 Å². The highest BCUT2D eigenvalue weighted by molar-refractivity contribution is 5.85. The van der Waals surface area contributed by atoms with Crippen LogP contribution in [0.3, 0.4) is 0 Å². The van der Waals surface area contributed by atoms with Crippen LogP contribution in [0.5, 0.6) is 0 Å². The average molecular weight is 426 g/mol. The molecule has 4 heterocycles. The fraction of sp³-hybridized carbons (Fsp3) is 0.280. The lowest BCUT2D eigenvalue weighted by Crippen LogP contribution is -2.34. The molecule has 1 atom stereocenters. The van der Waals surface area contributed by atoms with Gasteiger partial charge in [-0.25, -0.2) is 5.43 Å². The van der Waals surface area contributed by atoms with E-state index >= 15 is 0 Å². The van der Waals surface area contributed by atoms with Gasteiger partial charge in [0.25, 0.3) is 0 Å². The molecule has 2 aliphatic rings. The van der Waals surface area contributed by atoms with Crippen LogP contribution >= 0.6 is 0 Å². The Bertz CT molecular complexity index is 1260. The number of hydrogen-bond donors (Lipinski definition) is 4. The molecule has 7 nitrogen and oxygen atoms in total. The number of aryl methyl sites for hydroxylation is 1. The lowest BCUT2D eigenvalue weighted by Gasteiger charge is -2.32. The van der Waals surface area contributed by atoms with Gasteiger partial charge in [0.05, 0.1) is 11.6 Å². The maximum absolute atomic E-state index is 4.95. The van der Waals surface area contributed by atoms with Crippen molar-refractivity contribution in [3.63, 3.8) is 0 Å². The zero-order valence-electron chi connectivity index (χ0n) is 18.2. The highest BCUT2D eigenvalue weighted by Crippen LogP contribution is 2.41. The summed E-state index contributed by atoms with van der Waals surface area (Å²) >= 11 is 0. The third-order valence-electron chi connectivity index (χ3n) is 6.53. The van der Waals surface area contributed by atoms with Gasteiger partial charge >= 0.3 is 0 Å². The second kappa shape index (κ2) is 7.84. The smallest absolute Gasteiger partial charge is 0.226 e. The van der Waals surface area contributed by atoms with Crippen LogP contribution < -0.4 is 21.1 Å². The number of nitrogens with zero attached hydrogens (tertiary/aromatic N) is 3. The van der Waals surface area contributed by atoms with E-state index in [9.17, 15) is 0 Å². The molecule has 2 aromatic heterocycles. The summed E-state index contributed by atoms with van der Waals surface area (Å²) in [6, 6.07) is 17.3. The standard InChI is InChI=1S/C25H27N7/c1-16-6-5-9-19-18(14-27-22(16)19)10-12-26-25-28-23-21-20(30-31-23)11-13-32(24(21)29-25)15-17-7-3-2-4-8-17/h2-9,14,20,27,30H,10-13,15H2,1H3,(H2,26,28,29,31). The molecule has 6 rings (SSSR count). The molecule has 162 valence electrons. The van der Waals surface area contributed by atoms with E-state index in [1.165, 1.54) is 33.2 Å². The molecule has 0 saturated carbocycles. The molecule has 0 amide bonds. The Morgan fingerprint density at radius 1 is 1.09 bits per heavy atom. The minimum Gasteiger partial charge on any atom is -0.361 e. The molecule has 0 bridgehead atoms. The third-order valence-corrected chi connectivity index (χ3v) is 6.53. The van der Waals surface area contributed by atoms with Gasteiger partial charge in [-0.2, -0.15) is 9.97 Å². The van der Waals surface area contributed by atoms with Crippen molar-refractivity contribution in [3.8, 4) is 0 Å². The Kier molecular flexibility index (Phi) is 4.69. The number of benzene rings is 2. The second-order valence-electron chi connectivity index (χ2n) is 8.64. The SMILES string of the molecule is Cc1cccc2c(CCNc3nc4c5c(n3)N(Cc3ccccc3)CCC5NN4)c[nH]c12. The number of fused-ring (bicyclic) bond motifs is 1. The first-order valence-electron chi connectivity index (χ1n) is 11.3. The first-order valence-corrected chi connectivity index (χ1v) is 11.3. The molecule has 0 aliphatic carbocycles. The molecule has 4 N–H and O–H groups in total. The van der Waals surface area contributed by atoms with Crippen molar-refractivity contribution in [1.82, 2.24) is 20.4 Å². The van der Waals surface area contributed by atoms with E-state index < -0.39 is 0 Å². The first-order chi connectivity index (χ1) is 15.8. The van der Waals surface area contributed by atoms with Crippen molar-refractivity contribution in [2.75, 3.05) is 28.7 Å². The largest absolute Gasteiger partial charge is 0.361 e. The van der Waals surface area contributed by atoms with Gasteiger partial charge in [0.15, 0.2) is 5.82 Å².